The van der Waals surface area contributed by atoms with Crippen molar-refractivity contribution in [3.05, 3.63) is 29.6 Å². The first kappa shape index (κ1) is 18.0. The Morgan fingerprint density at radius 3 is 2.89 bits per heavy atom. The number of nitrogens with one attached hydrogen (secondary N) is 3. The molecule has 0 radical (unpaired) electrons. The van der Waals surface area contributed by atoms with Crippen LogP contribution in [0.4, 0.5) is 4.79 Å². The average Bonchev–Trinajstić information content (AvgIpc) is 3.36. The molecule has 2 heterocycles. The number of rotatable bonds is 4. The molecule has 1 saturated heterocycles. The molecule has 7 heteroatoms. The van der Waals surface area contributed by atoms with Crippen LogP contribution in [0.5, 0.6) is 0 Å². The van der Waals surface area contributed by atoms with Crippen molar-refractivity contribution >= 4 is 23.0 Å². The van der Waals surface area contributed by atoms with Crippen molar-refractivity contribution in [3.63, 3.8) is 0 Å². The van der Waals surface area contributed by atoms with Gasteiger partial charge in [0.15, 0.2) is 0 Å². The first-order valence-electron chi connectivity index (χ1n) is 9.81. The van der Waals surface area contributed by atoms with Crippen LogP contribution < -0.4 is 10.6 Å². The van der Waals surface area contributed by atoms with Gasteiger partial charge >= 0.3 is 6.03 Å². The zero-order valence-corrected chi connectivity index (χ0v) is 15.9. The molecule has 0 spiro atoms. The number of hydrogen-bond acceptors (Lipinski definition) is 4. The molecule has 3 N–H and O–H groups in total. The number of piperidine rings is 1. The van der Waals surface area contributed by atoms with Crippen LogP contribution in [0.15, 0.2) is 18.2 Å². The second-order valence-electron chi connectivity index (χ2n) is 7.89. The van der Waals surface area contributed by atoms with Gasteiger partial charge in [-0.3, -0.25) is 15.0 Å². The summed E-state index contributed by atoms with van der Waals surface area (Å²) in [5.74, 6) is 1.01. The third-order valence-electron chi connectivity index (χ3n) is 5.57. The van der Waals surface area contributed by atoms with Gasteiger partial charge < -0.3 is 10.3 Å². The van der Waals surface area contributed by atoms with Crippen LogP contribution in [-0.4, -0.2) is 52.0 Å². The maximum atomic E-state index is 12.4. The summed E-state index contributed by atoms with van der Waals surface area (Å²) in [5, 5.41) is 5.27. The normalized spacial score (nSPS) is 21.8. The molecule has 4 rings (SSSR count). The Hall–Kier alpha value is -2.41. The van der Waals surface area contributed by atoms with Gasteiger partial charge in [-0.25, -0.2) is 9.78 Å². The van der Waals surface area contributed by atoms with E-state index in [4.69, 9.17) is 4.98 Å². The predicted octanol–water partition coefficient (Wildman–Crippen LogP) is 2.43. The number of likely N-dealkylation sites (tertiary alicyclic amines) is 1. The Morgan fingerprint density at radius 2 is 2.11 bits per heavy atom. The van der Waals surface area contributed by atoms with E-state index in [-0.39, 0.29) is 29.9 Å². The van der Waals surface area contributed by atoms with Crippen molar-refractivity contribution in [1.82, 2.24) is 25.5 Å². The van der Waals surface area contributed by atoms with Crippen molar-refractivity contribution in [2.24, 2.45) is 0 Å². The molecule has 144 valence electrons. The van der Waals surface area contributed by atoms with Crippen LogP contribution >= 0.6 is 0 Å². The fourth-order valence-electron chi connectivity index (χ4n) is 3.75. The van der Waals surface area contributed by atoms with Crippen LogP contribution in [0.3, 0.4) is 0 Å². The van der Waals surface area contributed by atoms with Gasteiger partial charge in [-0.15, -0.1) is 0 Å². The summed E-state index contributed by atoms with van der Waals surface area (Å²) in [6.45, 7) is 5.55. The van der Waals surface area contributed by atoms with Crippen molar-refractivity contribution < 1.29 is 9.59 Å². The molecule has 1 aliphatic heterocycles. The van der Waals surface area contributed by atoms with E-state index in [1.165, 1.54) is 5.56 Å². The number of H-pyrrole nitrogens is 1. The Balaban J connectivity index is 1.40. The number of hydrogen-bond donors (Lipinski definition) is 3. The molecule has 2 aliphatic rings. The predicted molar refractivity (Wildman–Crippen MR) is 104 cm³/mol. The van der Waals surface area contributed by atoms with Crippen LogP contribution in [0.1, 0.15) is 49.9 Å². The van der Waals surface area contributed by atoms with E-state index in [1.54, 1.807) is 0 Å². The number of nitrogens with zero attached hydrogens (tertiary/aromatic N) is 2. The second-order valence-corrected chi connectivity index (χ2v) is 7.89. The SMILES string of the molecule is Cc1ccc2nc([C@@H]3CCCN([C@H](C)C(=O)NC(=O)NC4CC4)C3)[nH]c2c1. The van der Waals surface area contributed by atoms with E-state index in [0.717, 1.165) is 55.6 Å². The summed E-state index contributed by atoms with van der Waals surface area (Å²) >= 11 is 0. The molecule has 1 saturated carbocycles. The van der Waals surface area contributed by atoms with E-state index >= 15 is 0 Å². The molecule has 2 aromatic rings. The van der Waals surface area contributed by atoms with Crippen molar-refractivity contribution in [3.8, 4) is 0 Å². The van der Waals surface area contributed by atoms with Gasteiger partial charge in [-0.1, -0.05) is 6.07 Å². The molecule has 0 unspecified atom stereocenters. The lowest BCUT2D eigenvalue weighted by Gasteiger charge is -2.35. The lowest BCUT2D eigenvalue weighted by Crippen LogP contribution is -2.52. The topological polar surface area (TPSA) is 90.1 Å². The lowest BCUT2D eigenvalue weighted by atomic mass is 9.96. The number of fused-ring (bicyclic) bond motifs is 1. The third-order valence-corrected chi connectivity index (χ3v) is 5.57. The van der Waals surface area contributed by atoms with E-state index < -0.39 is 0 Å². The first-order chi connectivity index (χ1) is 13.0. The number of aromatic amines is 1. The van der Waals surface area contributed by atoms with E-state index in [9.17, 15) is 9.59 Å². The molecule has 7 nitrogen and oxygen atoms in total. The quantitative estimate of drug-likeness (QED) is 0.772. The number of urea groups is 1. The van der Waals surface area contributed by atoms with Crippen LogP contribution in [0.2, 0.25) is 0 Å². The molecule has 1 aromatic heterocycles. The second kappa shape index (κ2) is 7.31. The highest BCUT2D eigenvalue weighted by Gasteiger charge is 2.31. The largest absolute Gasteiger partial charge is 0.342 e. The number of imidazole rings is 1. The molecule has 27 heavy (non-hydrogen) atoms. The molecule has 2 fully saturated rings. The summed E-state index contributed by atoms with van der Waals surface area (Å²) in [6.07, 6.45) is 4.06. The zero-order chi connectivity index (χ0) is 19.0. The first-order valence-corrected chi connectivity index (χ1v) is 9.81. The van der Waals surface area contributed by atoms with Gasteiger partial charge in [-0.05, 0) is 63.8 Å². The highest BCUT2D eigenvalue weighted by molar-refractivity contribution is 5.97. The number of carbonyl (C=O) groups excluding carboxylic acids is 2. The minimum Gasteiger partial charge on any atom is -0.342 e. The molecule has 1 aliphatic carbocycles. The number of carbonyl (C=O) groups is 2. The zero-order valence-electron chi connectivity index (χ0n) is 15.9. The highest BCUT2D eigenvalue weighted by Crippen LogP contribution is 2.28. The smallest absolute Gasteiger partial charge is 0.321 e. The third kappa shape index (κ3) is 4.13. The standard InChI is InChI=1S/C20H27N5O2/c1-12-5-8-16-17(10-12)23-18(22-16)14-4-3-9-25(11-14)13(2)19(26)24-20(27)21-15-6-7-15/h5,8,10,13-15H,3-4,6-7,9,11H2,1-2H3,(H,22,23)(H2,21,24,26,27)/t13-,14-/m1/s1. The van der Waals surface area contributed by atoms with Gasteiger partial charge in [0.2, 0.25) is 5.91 Å². The Labute approximate surface area is 158 Å². The minimum atomic E-state index is -0.379. The van der Waals surface area contributed by atoms with Crippen molar-refractivity contribution in [2.45, 2.75) is 57.5 Å². The maximum absolute atomic E-state index is 12.4. The summed E-state index contributed by atoms with van der Waals surface area (Å²) < 4.78 is 0. The van der Waals surface area contributed by atoms with Gasteiger partial charge in [0.25, 0.3) is 0 Å². The van der Waals surface area contributed by atoms with E-state index in [0.29, 0.717) is 0 Å². The number of benzene rings is 1. The molecular formula is C20H27N5O2. The lowest BCUT2D eigenvalue weighted by molar-refractivity contribution is -0.125. The Bertz CT molecular complexity index is 857. The van der Waals surface area contributed by atoms with E-state index in [1.807, 2.05) is 13.0 Å². The number of imide groups is 1. The van der Waals surface area contributed by atoms with Crippen LogP contribution in [-0.2, 0) is 4.79 Å². The van der Waals surface area contributed by atoms with Crippen molar-refractivity contribution in [1.29, 1.82) is 0 Å². The molecule has 1 aromatic carbocycles. The number of aryl methyl sites for hydroxylation is 1. The highest BCUT2D eigenvalue weighted by atomic mass is 16.2. The van der Waals surface area contributed by atoms with Crippen LogP contribution in [0, 0.1) is 6.92 Å². The monoisotopic (exact) mass is 369 g/mol. The fourth-order valence-corrected chi connectivity index (χ4v) is 3.75. The Morgan fingerprint density at radius 1 is 1.30 bits per heavy atom. The fraction of sp³-hybridized carbons (Fsp3) is 0.550. The van der Waals surface area contributed by atoms with E-state index in [2.05, 4.69) is 39.6 Å². The minimum absolute atomic E-state index is 0.240. The Kier molecular flexibility index (Phi) is 4.86. The van der Waals surface area contributed by atoms with Gasteiger partial charge in [-0.2, -0.15) is 0 Å². The average molecular weight is 369 g/mol. The summed E-state index contributed by atoms with van der Waals surface area (Å²) in [4.78, 5) is 34.6. The van der Waals surface area contributed by atoms with Crippen molar-refractivity contribution in [2.75, 3.05) is 13.1 Å². The van der Waals surface area contributed by atoms with Gasteiger partial charge in [0.05, 0.1) is 17.1 Å². The molecule has 3 amide bonds. The van der Waals surface area contributed by atoms with Gasteiger partial charge in [0, 0.05) is 18.5 Å². The number of amides is 3. The van der Waals surface area contributed by atoms with Gasteiger partial charge in [0.1, 0.15) is 5.82 Å². The molecular weight excluding hydrogens is 342 g/mol. The number of aromatic nitrogens is 2. The van der Waals surface area contributed by atoms with Crippen LogP contribution in [0.25, 0.3) is 11.0 Å². The molecule has 0 bridgehead atoms. The molecule has 2 atom stereocenters. The maximum Gasteiger partial charge on any atom is 0.321 e. The summed E-state index contributed by atoms with van der Waals surface area (Å²) in [5.41, 5.74) is 3.25. The summed E-state index contributed by atoms with van der Waals surface area (Å²) in [7, 11) is 0. The summed E-state index contributed by atoms with van der Waals surface area (Å²) in [6, 6.07) is 5.74.